The van der Waals surface area contributed by atoms with Gasteiger partial charge in [0.2, 0.25) is 5.91 Å². The lowest BCUT2D eigenvalue weighted by Crippen LogP contribution is -2.55. The molecular weight excluding hydrogens is 324 g/mol. The van der Waals surface area contributed by atoms with Crippen LogP contribution in [0.5, 0.6) is 0 Å². The fraction of sp³-hybridized carbons (Fsp3) is 0.667. The number of benzene rings is 1. The van der Waals surface area contributed by atoms with E-state index in [2.05, 4.69) is 45.4 Å². The van der Waals surface area contributed by atoms with Crippen LogP contribution in [0, 0.1) is 0 Å². The lowest BCUT2D eigenvalue weighted by molar-refractivity contribution is -0.127. The zero-order valence-corrected chi connectivity index (χ0v) is 16.0. The molecule has 1 aromatic rings. The van der Waals surface area contributed by atoms with Crippen LogP contribution < -0.4 is 11.1 Å². The smallest absolute Gasteiger partial charge is 0.240 e. The molecule has 5 nitrogen and oxygen atoms in total. The van der Waals surface area contributed by atoms with Crippen molar-refractivity contribution in [3.05, 3.63) is 35.9 Å². The zero-order chi connectivity index (χ0) is 18.2. The molecule has 1 aliphatic heterocycles. The number of nitrogens with one attached hydrogen (secondary N) is 1. The zero-order valence-electron chi connectivity index (χ0n) is 16.0. The summed E-state index contributed by atoms with van der Waals surface area (Å²) in [4.78, 5) is 17.4. The van der Waals surface area contributed by atoms with Crippen LogP contribution in [0.15, 0.2) is 30.3 Å². The molecular formula is C21H34N4O. The van der Waals surface area contributed by atoms with Crippen LogP contribution in [0.2, 0.25) is 0 Å². The molecule has 0 bridgehead atoms. The number of hydrogen-bond acceptors (Lipinski definition) is 4. The van der Waals surface area contributed by atoms with Crippen LogP contribution in [-0.2, 0) is 11.3 Å². The van der Waals surface area contributed by atoms with Gasteiger partial charge in [-0.15, -0.1) is 0 Å². The highest BCUT2D eigenvalue weighted by molar-refractivity contribution is 5.86. The highest BCUT2D eigenvalue weighted by atomic mass is 16.2. The molecule has 2 aliphatic rings. The number of hydrogen-bond donors (Lipinski definition) is 2. The lowest BCUT2D eigenvalue weighted by Gasteiger charge is -2.35. The van der Waals surface area contributed by atoms with Crippen molar-refractivity contribution in [1.82, 2.24) is 15.1 Å². The molecule has 1 saturated heterocycles. The third-order valence-corrected chi connectivity index (χ3v) is 5.85. The van der Waals surface area contributed by atoms with E-state index in [1.54, 1.807) is 0 Å². The summed E-state index contributed by atoms with van der Waals surface area (Å²) in [7, 11) is 0. The van der Waals surface area contributed by atoms with Gasteiger partial charge in [0.25, 0.3) is 0 Å². The van der Waals surface area contributed by atoms with Crippen molar-refractivity contribution in [3.8, 4) is 0 Å². The van der Waals surface area contributed by atoms with Crippen molar-refractivity contribution in [3.63, 3.8) is 0 Å². The first kappa shape index (κ1) is 19.3. The Bertz CT molecular complexity index is 548. The van der Waals surface area contributed by atoms with Gasteiger partial charge in [0.05, 0.1) is 5.54 Å². The molecule has 1 aliphatic carbocycles. The third-order valence-electron chi connectivity index (χ3n) is 5.85. The van der Waals surface area contributed by atoms with E-state index >= 15 is 0 Å². The van der Waals surface area contributed by atoms with Crippen molar-refractivity contribution in [2.75, 3.05) is 39.3 Å². The van der Waals surface area contributed by atoms with E-state index in [-0.39, 0.29) is 5.91 Å². The highest BCUT2D eigenvalue weighted by Crippen LogP contribution is 2.25. The van der Waals surface area contributed by atoms with E-state index in [0.717, 1.165) is 77.9 Å². The summed E-state index contributed by atoms with van der Waals surface area (Å²) in [5.41, 5.74) is 7.06. The monoisotopic (exact) mass is 358 g/mol. The number of nitrogens with zero attached hydrogens (tertiary/aromatic N) is 2. The lowest BCUT2D eigenvalue weighted by atomic mass is 9.82. The molecule has 0 radical (unpaired) electrons. The van der Waals surface area contributed by atoms with Gasteiger partial charge >= 0.3 is 0 Å². The number of rotatable bonds is 7. The molecule has 0 spiro atoms. The summed E-state index contributed by atoms with van der Waals surface area (Å²) < 4.78 is 0. The van der Waals surface area contributed by atoms with Crippen LogP contribution >= 0.6 is 0 Å². The molecule has 3 N–H and O–H groups in total. The first-order valence-electron chi connectivity index (χ1n) is 10.2. The van der Waals surface area contributed by atoms with Gasteiger partial charge in [-0.1, -0.05) is 49.6 Å². The van der Waals surface area contributed by atoms with Crippen molar-refractivity contribution >= 4 is 5.91 Å². The first-order chi connectivity index (χ1) is 12.7. The standard InChI is InChI=1S/C21H34N4O/c22-21(10-5-2-6-11-21)20(26)23-12-7-13-24-14-16-25(17-15-24)18-19-8-3-1-4-9-19/h1,3-4,8-9H,2,5-7,10-18,22H2,(H,23,26). The van der Waals surface area contributed by atoms with Gasteiger partial charge in [0.1, 0.15) is 0 Å². The Morgan fingerprint density at radius 3 is 2.35 bits per heavy atom. The Morgan fingerprint density at radius 1 is 1.00 bits per heavy atom. The predicted molar refractivity (Wildman–Crippen MR) is 106 cm³/mol. The number of carbonyl (C=O) groups excluding carboxylic acids is 1. The van der Waals surface area contributed by atoms with E-state index in [9.17, 15) is 4.79 Å². The van der Waals surface area contributed by atoms with Crippen LogP contribution in [0.1, 0.15) is 44.1 Å². The van der Waals surface area contributed by atoms with E-state index in [1.807, 2.05) is 0 Å². The SMILES string of the molecule is NC1(C(=O)NCCCN2CCN(Cc3ccccc3)CC2)CCCCC1. The molecule has 3 rings (SSSR count). The summed E-state index contributed by atoms with van der Waals surface area (Å²) in [5.74, 6) is 0.0601. The van der Waals surface area contributed by atoms with Crippen molar-refractivity contribution in [2.24, 2.45) is 5.73 Å². The molecule has 2 fully saturated rings. The summed E-state index contributed by atoms with van der Waals surface area (Å²) in [6, 6.07) is 10.7. The molecule has 0 atom stereocenters. The Hall–Kier alpha value is -1.43. The first-order valence-corrected chi connectivity index (χ1v) is 10.2. The predicted octanol–water partition coefficient (Wildman–Crippen LogP) is 1.97. The molecule has 144 valence electrons. The summed E-state index contributed by atoms with van der Waals surface area (Å²) >= 11 is 0. The van der Waals surface area contributed by atoms with Crippen LogP contribution in [0.4, 0.5) is 0 Å². The van der Waals surface area contributed by atoms with Gasteiger partial charge in [-0.2, -0.15) is 0 Å². The fourth-order valence-corrected chi connectivity index (χ4v) is 4.10. The van der Waals surface area contributed by atoms with Gasteiger partial charge in [-0.05, 0) is 31.4 Å². The molecule has 5 heteroatoms. The van der Waals surface area contributed by atoms with Crippen molar-refractivity contribution in [1.29, 1.82) is 0 Å². The van der Waals surface area contributed by atoms with Gasteiger partial charge in [-0.3, -0.25) is 9.69 Å². The minimum absolute atomic E-state index is 0.0601. The topological polar surface area (TPSA) is 61.6 Å². The van der Waals surface area contributed by atoms with Gasteiger partial charge in [0.15, 0.2) is 0 Å². The second kappa shape index (κ2) is 9.49. The van der Waals surface area contributed by atoms with Gasteiger partial charge in [0, 0.05) is 39.3 Å². The largest absolute Gasteiger partial charge is 0.354 e. The minimum atomic E-state index is -0.610. The van der Waals surface area contributed by atoms with Crippen molar-refractivity contribution in [2.45, 2.75) is 50.6 Å². The fourth-order valence-electron chi connectivity index (χ4n) is 4.10. The summed E-state index contributed by atoms with van der Waals surface area (Å²) in [6.45, 7) is 7.30. The van der Waals surface area contributed by atoms with Gasteiger partial charge in [-0.25, -0.2) is 0 Å². The second-order valence-electron chi connectivity index (χ2n) is 7.93. The average molecular weight is 359 g/mol. The summed E-state index contributed by atoms with van der Waals surface area (Å²) in [5, 5.41) is 3.07. The molecule has 0 unspecified atom stereocenters. The number of carbonyl (C=O) groups is 1. The number of nitrogens with two attached hydrogens (primary N) is 1. The minimum Gasteiger partial charge on any atom is -0.354 e. The van der Waals surface area contributed by atoms with E-state index in [4.69, 9.17) is 5.73 Å². The molecule has 26 heavy (non-hydrogen) atoms. The maximum absolute atomic E-state index is 12.3. The molecule has 1 heterocycles. The van der Waals surface area contributed by atoms with E-state index in [0.29, 0.717) is 0 Å². The molecule has 0 aromatic heterocycles. The maximum Gasteiger partial charge on any atom is 0.240 e. The second-order valence-corrected chi connectivity index (χ2v) is 7.93. The third kappa shape index (κ3) is 5.53. The van der Waals surface area contributed by atoms with Gasteiger partial charge < -0.3 is 16.0 Å². The number of piperazine rings is 1. The molecule has 1 saturated carbocycles. The Balaban J connectivity index is 1.29. The van der Waals surface area contributed by atoms with Crippen LogP contribution in [0.25, 0.3) is 0 Å². The van der Waals surface area contributed by atoms with Crippen molar-refractivity contribution < 1.29 is 4.79 Å². The Labute approximate surface area is 157 Å². The van der Waals surface area contributed by atoms with Crippen LogP contribution in [-0.4, -0.2) is 60.5 Å². The summed E-state index contributed by atoms with van der Waals surface area (Å²) in [6.07, 6.45) is 6.04. The number of amides is 1. The molecule has 1 amide bonds. The average Bonchev–Trinajstić information content (AvgIpc) is 2.68. The quantitative estimate of drug-likeness (QED) is 0.732. The highest BCUT2D eigenvalue weighted by Gasteiger charge is 2.34. The van der Waals surface area contributed by atoms with E-state index in [1.165, 1.54) is 12.0 Å². The van der Waals surface area contributed by atoms with E-state index < -0.39 is 5.54 Å². The Kier molecular flexibility index (Phi) is 7.06. The van der Waals surface area contributed by atoms with Crippen LogP contribution in [0.3, 0.4) is 0 Å². The maximum atomic E-state index is 12.3. The normalized spacial score (nSPS) is 21.4. The Morgan fingerprint density at radius 2 is 1.65 bits per heavy atom. The molecule has 1 aromatic carbocycles.